The van der Waals surface area contributed by atoms with Crippen molar-refractivity contribution in [3.63, 3.8) is 0 Å². The van der Waals surface area contributed by atoms with Crippen molar-refractivity contribution < 1.29 is 28.3 Å². The lowest BCUT2D eigenvalue weighted by atomic mass is 10.0. The Kier molecular flexibility index (Phi) is 6.47. The second-order valence-corrected chi connectivity index (χ2v) is 6.16. The molecule has 1 atom stereocenters. The van der Waals surface area contributed by atoms with Crippen LogP contribution in [-0.4, -0.2) is 42.6 Å². The predicted molar refractivity (Wildman–Crippen MR) is 105 cm³/mol. The van der Waals surface area contributed by atoms with Gasteiger partial charge in [0.05, 0.1) is 13.4 Å². The number of aromatic amines is 1. The lowest BCUT2D eigenvalue weighted by Crippen LogP contribution is -2.44. The molecule has 3 aromatic rings. The molecule has 0 aliphatic rings. The highest BCUT2D eigenvalue weighted by atomic mass is 16.5. The minimum atomic E-state index is -0.913. The number of hydrogen-bond donors (Lipinski definition) is 2. The van der Waals surface area contributed by atoms with Crippen molar-refractivity contribution in [2.75, 3.05) is 13.7 Å². The maximum absolute atomic E-state index is 12.2. The summed E-state index contributed by atoms with van der Waals surface area (Å²) in [5, 5.41) is 3.50. The average molecular weight is 396 g/mol. The predicted octanol–water partition coefficient (Wildman–Crippen LogP) is 2.22. The fourth-order valence-corrected chi connectivity index (χ4v) is 2.81. The molecule has 0 radical (unpaired) electrons. The van der Waals surface area contributed by atoms with E-state index >= 15 is 0 Å². The zero-order chi connectivity index (χ0) is 20.6. The van der Waals surface area contributed by atoms with E-state index in [9.17, 15) is 14.4 Å². The van der Waals surface area contributed by atoms with Crippen LogP contribution in [0.3, 0.4) is 0 Å². The van der Waals surface area contributed by atoms with E-state index in [1.807, 2.05) is 24.3 Å². The maximum Gasteiger partial charge on any atom is 0.331 e. The average Bonchev–Trinajstić information content (AvgIpc) is 3.40. The summed E-state index contributed by atoms with van der Waals surface area (Å²) in [7, 11) is 1.25. The Balaban J connectivity index is 1.57. The number of fused-ring (bicyclic) bond motifs is 1. The molecule has 0 saturated carbocycles. The van der Waals surface area contributed by atoms with Crippen molar-refractivity contribution in [3.05, 3.63) is 66.3 Å². The number of hydrogen-bond acceptors (Lipinski definition) is 6. The molecular formula is C21H20N2O6. The van der Waals surface area contributed by atoms with Crippen LogP contribution in [0.1, 0.15) is 11.3 Å². The van der Waals surface area contributed by atoms with Crippen LogP contribution in [0.15, 0.2) is 59.4 Å². The van der Waals surface area contributed by atoms with Crippen molar-refractivity contribution in [3.8, 4) is 0 Å². The molecule has 0 spiro atoms. The first kappa shape index (κ1) is 19.9. The third-order valence-electron chi connectivity index (χ3n) is 4.19. The van der Waals surface area contributed by atoms with Crippen molar-refractivity contribution in [2.45, 2.75) is 12.5 Å². The minimum absolute atomic E-state index is 0.231. The number of ether oxygens (including phenoxy) is 2. The van der Waals surface area contributed by atoms with Gasteiger partial charge in [0, 0.05) is 29.6 Å². The fraction of sp³-hybridized carbons (Fsp3) is 0.190. The van der Waals surface area contributed by atoms with Crippen LogP contribution in [0.2, 0.25) is 0 Å². The van der Waals surface area contributed by atoms with Gasteiger partial charge in [-0.25, -0.2) is 9.59 Å². The van der Waals surface area contributed by atoms with Crippen LogP contribution in [0.5, 0.6) is 0 Å². The number of carbonyl (C=O) groups excluding carboxylic acids is 3. The van der Waals surface area contributed by atoms with E-state index in [-0.39, 0.29) is 6.42 Å². The Morgan fingerprint density at radius 1 is 1.21 bits per heavy atom. The number of furan rings is 1. The number of methoxy groups -OCH3 is 1. The molecule has 2 N–H and O–H groups in total. The van der Waals surface area contributed by atoms with Gasteiger partial charge in [0.15, 0.2) is 6.61 Å². The van der Waals surface area contributed by atoms with E-state index in [0.29, 0.717) is 5.76 Å². The summed E-state index contributed by atoms with van der Waals surface area (Å²) in [6.45, 7) is -0.525. The van der Waals surface area contributed by atoms with Gasteiger partial charge >= 0.3 is 11.9 Å². The smallest absolute Gasteiger partial charge is 0.331 e. The summed E-state index contributed by atoms with van der Waals surface area (Å²) in [6.07, 6.45) is 6.06. The number of nitrogens with one attached hydrogen (secondary N) is 2. The van der Waals surface area contributed by atoms with Gasteiger partial charge in [0.2, 0.25) is 0 Å². The topological polar surface area (TPSA) is 111 Å². The van der Waals surface area contributed by atoms with Gasteiger partial charge in [-0.05, 0) is 29.8 Å². The molecule has 2 aromatic heterocycles. The molecule has 0 unspecified atom stereocenters. The molecule has 8 heteroatoms. The number of aromatic nitrogens is 1. The molecule has 29 heavy (non-hydrogen) atoms. The van der Waals surface area contributed by atoms with Crippen LogP contribution in [0.4, 0.5) is 0 Å². The number of para-hydroxylation sites is 1. The van der Waals surface area contributed by atoms with Gasteiger partial charge in [-0.1, -0.05) is 18.2 Å². The van der Waals surface area contributed by atoms with E-state index in [1.54, 1.807) is 18.3 Å². The van der Waals surface area contributed by atoms with Crippen LogP contribution >= 0.6 is 0 Å². The largest absolute Gasteiger partial charge is 0.467 e. The Morgan fingerprint density at radius 2 is 2.03 bits per heavy atom. The van der Waals surface area contributed by atoms with E-state index < -0.39 is 30.5 Å². The monoisotopic (exact) mass is 396 g/mol. The van der Waals surface area contributed by atoms with E-state index in [0.717, 1.165) is 22.5 Å². The number of rotatable bonds is 8. The summed E-state index contributed by atoms with van der Waals surface area (Å²) in [6, 6.07) is 10.1. The van der Waals surface area contributed by atoms with Crippen molar-refractivity contribution in [2.24, 2.45) is 0 Å². The summed E-state index contributed by atoms with van der Waals surface area (Å²) < 4.78 is 14.7. The number of carbonyl (C=O) groups is 3. The van der Waals surface area contributed by atoms with Crippen LogP contribution in [0, 0.1) is 0 Å². The van der Waals surface area contributed by atoms with E-state index in [1.165, 1.54) is 19.4 Å². The van der Waals surface area contributed by atoms with E-state index in [4.69, 9.17) is 13.9 Å². The Hall–Kier alpha value is -3.81. The number of H-pyrrole nitrogens is 1. The lowest BCUT2D eigenvalue weighted by molar-refractivity contribution is -0.147. The van der Waals surface area contributed by atoms with Gasteiger partial charge in [-0.2, -0.15) is 0 Å². The molecule has 0 aliphatic heterocycles. The zero-order valence-electron chi connectivity index (χ0n) is 15.7. The molecular weight excluding hydrogens is 376 g/mol. The molecule has 0 aliphatic carbocycles. The van der Waals surface area contributed by atoms with Crippen molar-refractivity contribution >= 4 is 34.8 Å². The molecule has 8 nitrogen and oxygen atoms in total. The number of benzene rings is 1. The molecule has 0 bridgehead atoms. The van der Waals surface area contributed by atoms with Gasteiger partial charge in [0.25, 0.3) is 5.91 Å². The lowest BCUT2D eigenvalue weighted by Gasteiger charge is -2.16. The molecule has 2 heterocycles. The second kappa shape index (κ2) is 9.41. The van der Waals surface area contributed by atoms with Crippen LogP contribution in [-0.2, 0) is 30.3 Å². The summed E-state index contributed by atoms with van der Waals surface area (Å²) in [4.78, 5) is 39.1. The Labute approximate surface area is 166 Å². The third-order valence-corrected chi connectivity index (χ3v) is 4.19. The highest BCUT2D eigenvalue weighted by molar-refractivity contribution is 5.90. The highest BCUT2D eigenvalue weighted by Crippen LogP contribution is 2.19. The standard InChI is InChI=1S/C21H20N2O6/c1-27-21(26)18(11-14-12-22-17-7-3-2-6-16(14)17)23-19(24)13-29-20(25)9-8-15-5-4-10-28-15/h2-10,12,18,22H,11,13H2,1H3,(H,23,24)/b9-8+/t18-/m0/s1. The quantitative estimate of drug-likeness (QED) is 0.446. The van der Waals surface area contributed by atoms with Crippen molar-refractivity contribution in [1.29, 1.82) is 0 Å². The SMILES string of the molecule is COC(=O)[C@H](Cc1c[nH]c2ccccc12)NC(=O)COC(=O)/C=C/c1ccco1. The van der Waals surface area contributed by atoms with Crippen LogP contribution < -0.4 is 5.32 Å². The Bertz CT molecular complexity index is 1020. The normalized spacial score (nSPS) is 12.0. The zero-order valence-corrected chi connectivity index (χ0v) is 15.7. The molecule has 0 fully saturated rings. The number of esters is 2. The Morgan fingerprint density at radius 3 is 2.79 bits per heavy atom. The van der Waals surface area contributed by atoms with Crippen molar-refractivity contribution in [1.82, 2.24) is 10.3 Å². The van der Waals surface area contributed by atoms with Gasteiger partial charge in [0.1, 0.15) is 11.8 Å². The fourth-order valence-electron chi connectivity index (χ4n) is 2.81. The third kappa shape index (κ3) is 5.35. The summed E-state index contributed by atoms with van der Waals surface area (Å²) in [5.41, 5.74) is 1.78. The van der Waals surface area contributed by atoms with Gasteiger partial charge in [-0.3, -0.25) is 4.79 Å². The minimum Gasteiger partial charge on any atom is -0.467 e. The number of amides is 1. The summed E-state index contributed by atoms with van der Waals surface area (Å²) in [5.74, 6) is -1.42. The first-order chi connectivity index (χ1) is 14.1. The highest BCUT2D eigenvalue weighted by Gasteiger charge is 2.23. The molecule has 150 valence electrons. The van der Waals surface area contributed by atoms with Gasteiger partial charge in [-0.15, -0.1) is 0 Å². The molecule has 0 saturated heterocycles. The van der Waals surface area contributed by atoms with Crippen LogP contribution in [0.25, 0.3) is 17.0 Å². The molecule has 3 rings (SSSR count). The molecule has 1 amide bonds. The molecule has 1 aromatic carbocycles. The first-order valence-corrected chi connectivity index (χ1v) is 8.87. The van der Waals surface area contributed by atoms with E-state index in [2.05, 4.69) is 10.3 Å². The second-order valence-electron chi connectivity index (χ2n) is 6.16. The first-order valence-electron chi connectivity index (χ1n) is 8.87. The maximum atomic E-state index is 12.2. The summed E-state index contributed by atoms with van der Waals surface area (Å²) >= 11 is 0. The van der Waals surface area contributed by atoms with Gasteiger partial charge < -0.3 is 24.2 Å².